The SMILES string of the molecule is CC1(C)CCC(=O)C(C(=O)c2ccc(S(C)(=O)=O)c(COC3CCCC3)c2Cl)C1=O. The van der Waals surface area contributed by atoms with Gasteiger partial charge in [-0.25, -0.2) is 8.42 Å². The standard InChI is InChI=1S/C22H27ClO6S/c1-22(2)11-10-16(24)18(21(22)26)20(25)14-8-9-17(30(3,27)28)15(19(14)23)12-29-13-6-4-5-7-13/h8-9,13,18H,4-7,10-12H2,1-3H3. The highest BCUT2D eigenvalue weighted by Crippen LogP contribution is 2.37. The van der Waals surface area contributed by atoms with Gasteiger partial charge in [-0.2, -0.15) is 0 Å². The van der Waals surface area contributed by atoms with Gasteiger partial charge in [0.05, 0.1) is 22.6 Å². The molecule has 2 aliphatic rings. The summed E-state index contributed by atoms with van der Waals surface area (Å²) in [6.07, 6.45) is 5.53. The molecule has 0 N–H and O–H groups in total. The lowest BCUT2D eigenvalue weighted by Crippen LogP contribution is -2.44. The third-order valence-corrected chi connectivity index (χ3v) is 7.75. The van der Waals surface area contributed by atoms with Crippen molar-refractivity contribution in [3.8, 4) is 0 Å². The van der Waals surface area contributed by atoms with E-state index in [2.05, 4.69) is 0 Å². The predicted octanol–water partition coefficient (Wildman–Crippen LogP) is 3.96. The first-order chi connectivity index (χ1) is 13.9. The first kappa shape index (κ1) is 23.1. The van der Waals surface area contributed by atoms with Gasteiger partial charge in [0.25, 0.3) is 0 Å². The van der Waals surface area contributed by atoms with E-state index in [4.69, 9.17) is 16.3 Å². The molecule has 0 saturated heterocycles. The lowest BCUT2D eigenvalue weighted by atomic mass is 9.68. The average Bonchev–Trinajstić information content (AvgIpc) is 3.17. The summed E-state index contributed by atoms with van der Waals surface area (Å²) in [5.41, 5.74) is -0.590. The predicted molar refractivity (Wildman–Crippen MR) is 112 cm³/mol. The van der Waals surface area contributed by atoms with Gasteiger partial charge in [0, 0.05) is 29.2 Å². The molecule has 6 nitrogen and oxygen atoms in total. The fraction of sp³-hybridized carbons (Fsp3) is 0.591. The summed E-state index contributed by atoms with van der Waals surface area (Å²) in [5.74, 6) is -2.92. The van der Waals surface area contributed by atoms with E-state index < -0.39 is 38.5 Å². The molecule has 8 heteroatoms. The molecule has 1 unspecified atom stereocenters. The van der Waals surface area contributed by atoms with Crippen LogP contribution in [0.5, 0.6) is 0 Å². The van der Waals surface area contributed by atoms with E-state index in [0.717, 1.165) is 31.9 Å². The van der Waals surface area contributed by atoms with Crippen molar-refractivity contribution < 1.29 is 27.5 Å². The first-order valence-electron chi connectivity index (χ1n) is 10.2. The minimum absolute atomic E-state index is 0.0105. The van der Waals surface area contributed by atoms with Gasteiger partial charge in [-0.15, -0.1) is 0 Å². The molecule has 30 heavy (non-hydrogen) atoms. The third-order valence-electron chi connectivity index (χ3n) is 6.14. The Morgan fingerprint density at radius 2 is 1.83 bits per heavy atom. The van der Waals surface area contributed by atoms with Gasteiger partial charge in [0.2, 0.25) is 0 Å². The minimum Gasteiger partial charge on any atom is -0.373 e. The lowest BCUT2D eigenvalue weighted by Gasteiger charge is -2.32. The van der Waals surface area contributed by atoms with Crippen molar-refractivity contribution in [2.75, 3.05) is 6.26 Å². The second-order valence-corrected chi connectivity index (χ2v) is 11.3. The van der Waals surface area contributed by atoms with Crippen LogP contribution in [-0.4, -0.2) is 38.1 Å². The molecule has 2 aliphatic carbocycles. The van der Waals surface area contributed by atoms with E-state index in [-0.39, 0.29) is 40.2 Å². The largest absolute Gasteiger partial charge is 0.373 e. The van der Waals surface area contributed by atoms with Crippen LogP contribution in [0.3, 0.4) is 0 Å². The van der Waals surface area contributed by atoms with Crippen molar-refractivity contribution in [3.05, 3.63) is 28.3 Å². The van der Waals surface area contributed by atoms with Gasteiger partial charge in [0.1, 0.15) is 5.92 Å². The quantitative estimate of drug-likeness (QED) is 0.477. The second kappa shape index (κ2) is 8.52. The molecule has 1 aromatic carbocycles. The van der Waals surface area contributed by atoms with Crippen LogP contribution in [0.2, 0.25) is 5.02 Å². The van der Waals surface area contributed by atoms with Crippen LogP contribution in [0.1, 0.15) is 68.3 Å². The molecule has 164 valence electrons. The molecule has 0 bridgehead atoms. The van der Waals surface area contributed by atoms with Crippen molar-refractivity contribution in [3.63, 3.8) is 0 Å². The number of hydrogen-bond donors (Lipinski definition) is 0. The summed E-state index contributed by atoms with van der Waals surface area (Å²) in [4.78, 5) is 38.4. The third kappa shape index (κ3) is 4.53. The number of ketones is 3. The van der Waals surface area contributed by atoms with Gasteiger partial charge in [-0.05, 0) is 31.4 Å². The summed E-state index contributed by atoms with van der Waals surface area (Å²) in [6.45, 7) is 3.39. The van der Waals surface area contributed by atoms with E-state index in [1.54, 1.807) is 13.8 Å². The Morgan fingerprint density at radius 1 is 1.20 bits per heavy atom. The molecular formula is C22H27ClO6S. The highest BCUT2D eigenvalue weighted by Gasteiger charge is 2.46. The minimum atomic E-state index is -3.62. The van der Waals surface area contributed by atoms with Crippen molar-refractivity contribution in [2.24, 2.45) is 11.3 Å². The maximum atomic E-state index is 13.2. The van der Waals surface area contributed by atoms with E-state index >= 15 is 0 Å². The molecular weight excluding hydrogens is 428 g/mol. The monoisotopic (exact) mass is 454 g/mol. The Morgan fingerprint density at radius 3 is 2.43 bits per heavy atom. The number of halogens is 1. The van der Waals surface area contributed by atoms with E-state index in [0.29, 0.717) is 6.42 Å². The molecule has 2 fully saturated rings. The van der Waals surface area contributed by atoms with Gasteiger partial charge in [0.15, 0.2) is 27.2 Å². The van der Waals surface area contributed by atoms with E-state index in [9.17, 15) is 22.8 Å². The van der Waals surface area contributed by atoms with E-state index in [1.165, 1.54) is 12.1 Å². The van der Waals surface area contributed by atoms with Crippen LogP contribution >= 0.6 is 11.6 Å². The number of hydrogen-bond acceptors (Lipinski definition) is 6. The van der Waals surface area contributed by atoms with Crippen LogP contribution in [0.25, 0.3) is 0 Å². The van der Waals surface area contributed by atoms with Crippen molar-refractivity contribution >= 4 is 38.8 Å². The normalized spacial score (nSPS) is 22.5. The molecule has 1 atom stereocenters. The number of sulfone groups is 1. The molecule has 3 rings (SSSR count). The Kier molecular flexibility index (Phi) is 6.56. The van der Waals surface area contributed by atoms with Gasteiger partial charge in [-0.1, -0.05) is 38.3 Å². The fourth-order valence-electron chi connectivity index (χ4n) is 4.19. The van der Waals surface area contributed by atoms with Crippen LogP contribution < -0.4 is 0 Å². The van der Waals surface area contributed by atoms with Crippen molar-refractivity contribution in [1.82, 2.24) is 0 Å². The van der Waals surface area contributed by atoms with Crippen molar-refractivity contribution in [1.29, 1.82) is 0 Å². The summed E-state index contributed by atoms with van der Waals surface area (Å²) in [6, 6.07) is 2.60. The lowest BCUT2D eigenvalue weighted by molar-refractivity contribution is -0.140. The number of benzene rings is 1. The zero-order chi connectivity index (χ0) is 22.3. The second-order valence-electron chi connectivity index (χ2n) is 8.91. The number of carbonyl (C=O) groups excluding carboxylic acids is 3. The fourth-order valence-corrected chi connectivity index (χ4v) is 5.49. The zero-order valence-electron chi connectivity index (χ0n) is 17.5. The Hall–Kier alpha value is -1.57. The molecule has 0 aromatic heterocycles. The highest BCUT2D eigenvalue weighted by atomic mass is 35.5. The highest BCUT2D eigenvalue weighted by molar-refractivity contribution is 7.90. The number of carbonyl (C=O) groups is 3. The summed E-state index contributed by atoms with van der Waals surface area (Å²) in [7, 11) is -3.62. The van der Waals surface area contributed by atoms with Gasteiger partial charge >= 0.3 is 0 Å². The molecule has 0 heterocycles. The molecule has 0 aliphatic heterocycles. The maximum absolute atomic E-state index is 13.2. The van der Waals surface area contributed by atoms with Crippen LogP contribution in [0, 0.1) is 11.3 Å². The smallest absolute Gasteiger partial charge is 0.182 e. The topological polar surface area (TPSA) is 94.6 Å². The van der Waals surface area contributed by atoms with Gasteiger partial charge < -0.3 is 4.74 Å². The Labute approximate surface area is 182 Å². The molecule has 2 saturated carbocycles. The van der Waals surface area contributed by atoms with E-state index in [1.807, 2.05) is 0 Å². The van der Waals surface area contributed by atoms with Crippen molar-refractivity contribution in [2.45, 2.75) is 70.0 Å². The Balaban J connectivity index is 2.00. The first-order valence-corrected chi connectivity index (χ1v) is 12.4. The van der Waals surface area contributed by atoms with Gasteiger partial charge in [-0.3, -0.25) is 14.4 Å². The summed E-state index contributed by atoms with van der Waals surface area (Å²) < 4.78 is 30.4. The number of ether oxygens (including phenoxy) is 1. The van der Waals surface area contributed by atoms with Crippen LogP contribution in [-0.2, 0) is 30.8 Å². The molecule has 0 spiro atoms. The van der Waals surface area contributed by atoms with Crippen LogP contribution in [0.4, 0.5) is 0 Å². The zero-order valence-corrected chi connectivity index (χ0v) is 19.1. The summed E-state index contributed by atoms with van der Waals surface area (Å²) >= 11 is 6.50. The number of Topliss-reactive ketones (excluding diaryl/α,β-unsaturated/α-hetero) is 3. The average molecular weight is 455 g/mol. The molecule has 0 amide bonds. The summed E-state index contributed by atoms with van der Waals surface area (Å²) in [5, 5.41) is -0.0649. The molecule has 1 aromatic rings. The molecule has 0 radical (unpaired) electrons. The maximum Gasteiger partial charge on any atom is 0.182 e. The Bertz CT molecular complexity index is 989. The number of rotatable bonds is 6. The van der Waals surface area contributed by atoms with Crippen LogP contribution in [0.15, 0.2) is 17.0 Å².